The highest BCUT2D eigenvalue weighted by atomic mass is 16.5. The van der Waals surface area contributed by atoms with Crippen molar-refractivity contribution < 1.29 is 14.3 Å². The van der Waals surface area contributed by atoms with Gasteiger partial charge < -0.3 is 18.9 Å². The number of fused-ring (bicyclic) bond motifs is 2. The summed E-state index contributed by atoms with van der Waals surface area (Å²) in [6, 6.07) is 13.9. The zero-order valence-electron chi connectivity index (χ0n) is 17.9. The molecule has 0 atom stereocenters. The lowest BCUT2D eigenvalue weighted by Gasteiger charge is -2.30. The molecule has 1 saturated heterocycles. The molecule has 2 aliphatic rings. The van der Waals surface area contributed by atoms with Crippen molar-refractivity contribution in [2.45, 2.75) is 13.0 Å². The normalized spacial score (nSPS) is 16.3. The van der Waals surface area contributed by atoms with Crippen molar-refractivity contribution >= 4 is 16.9 Å². The highest BCUT2D eigenvalue weighted by Crippen LogP contribution is 2.26. The number of benzene rings is 2. The molecule has 7 nitrogen and oxygen atoms in total. The second-order valence-corrected chi connectivity index (χ2v) is 8.18. The molecule has 7 heteroatoms. The number of morpholine rings is 1. The van der Waals surface area contributed by atoms with Crippen molar-refractivity contribution in [2.75, 3.05) is 46.0 Å². The van der Waals surface area contributed by atoms with E-state index in [4.69, 9.17) is 14.5 Å². The van der Waals surface area contributed by atoms with Crippen LogP contribution in [0.4, 0.5) is 0 Å². The van der Waals surface area contributed by atoms with Crippen LogP contribution < -0.4 is 4.74 Å². The van der Waals surface area contributed by atoms with E-state index in [0.29, 0.717) is 25.3 Å². The third-order valence-corrected chi connectivity index (χ3v) is 6.23. The first kappa shape index (κ1) is 20.0. The predicted octanol–water partition coefficient (Wildman–Crippen LogP) is 2.48. The van der Waals surface area contributed by atoms with Gasteiger partial charge in [-0.1, -0.05) is 12.1 Å². The average molecular weight is 421 g/mol. The van der Waals surface area contributed by atoms with E-state index in [0.717, 1.165) is 67.4 Å². The van der Waals surface area contributed by atoms with Gasteiger partial charge in [-0.3, -0.25) is 9.69 Å². The van der Waals surface area contributed by atoms with Crippen LogP contribution in [0.1, 0.15) is 21.7 Å². The van der Waals surface area contributed by atoms with Crippen LogP contribution >= 0.6 is 0 Å². The summed E-state index contributed by atoms with van der Waals surface area (Å²) in [5, 5.41) is 0. The number of aromatic nitrogens is 2. The summed E-state index contributed by atoms with van der Waals surface area (Å²) in [6.07, 6.45) is 0.856. The van der Waals surface area contributed by atoms with E-state index in [2.05, 4.69) is 15.5 Å². The Kier molecular flexibility index (Phi) is 5.61. The van der Waals surface area contributed by atoms with Crippen LogP contribution in [0.2, 0.25) is 0 Å². The lowest BCUT2D eigenvalue weighted by atomic mass is 10.1. The number of nitrogens with zero attached hydrogens (tertiary/aromatic N) is 4. The topological polar surface area (TPSA) is 59.8 Å². The zero-order valence-corrected chi connectivity index (χ0v) is 17.9. The van der Waals surface area contributed by atoms with E-state index in [1.165, 1.54) is 0 Å². The van der Waals surface area contributed by atoms with Crippen LogP contribution in [0.5, 0.6) is 5.75 Å². The van der Waals surface area contributed by atoms with Crippen LogP contribution in [-0.4, -0.2) is 71.3 Å². The Labute approximate surface area is 182 Å². The van der Waals surface area contributed by atoms with Crippen molar-refractivity contribution in [2.24, 2.45) is 7.05 Å². The summed E-state index contributed by atoms with van der Waals surface area (Å²) in [7, 11) is 2.02. The van der Waals surface area contributed by atoms with Crippen molar-refractivity contribution in [1.82, 2.24) is 19.4 Å². The van der Waals surface area contributed by atoms with E-state index in [-0.39, 0.29) is 5.91 Å². The number of amides is 1. The summed E-state index contributed by atoms with van der Waals surface area (Å²) >= 11 is 0. The molecule has 0 radical (unpaired) electrons. The quantitative estimate of drug-likeness (QED) is 0.613. The van der Waals surface area contributed by atoms with Crippen LogP contribution in [0.15, 0.2) is 42.5 Å². The summed E-state index contributed by atoms with van der Waals surface area (Å²) < 4.78 is 13.2. The summed E-state index contributed by atoms with van der Waals surface area (Å²) in [6.45, 7) is 5.96. The van der Waals surface area contributed by atoms with E-state index >= 15 is 0 Å². The molecule has 0 N–H and O–H groups in total. The minimum atomic E-state index is 0.0371. The molecule has 1 aromatic heterocycles. The van der Waals surface area contributed by atoms with Gasteiger partial charge in [-0.25, -0.2) is 4.98 Å². The monoisotopic (exact) mass is 420 g/mol. The van der Waals surface area contributed by atoms with Gasteiger partial charge in [0.05, 0.1) is 37.4 Å². The van der Waals surface area contributed by atoms with Crippen LogP contribution in [-0.2, 0) is 24.8 Å². The van der Waals surface area contributed by atoms with Crippen molar-refractivity contribution in [3.05, 3.63) is 59.4 Å². The fourth-order valence-corrected chi connectivity index (χ4v) is 4.35. The fraction of sp³-hybridized carbons (Fsp3) is 0.417. The Bertz CT molecular complexity index is 1090. The highest BCUT2D eigenvalue weighted by Gasteiger charge is 2.23. The van der Waals surface area contributed by atoms with Gasteiger partial charge in [0.25, 0.3) is 5.91 Å². The lowest BCUT2D eigenvalue weighted by Crippen LogP contribution is -2.43. The van der Waals surface area contributed by atoms with Gasteiger partial charge in [-0.15, -0.1) is 0 Å². The summed E-state index contributed by atoms with van der Waals surface area (Å²) in [5.41, 5.74) is 3.86. The molecule has 5 rings (SSSR count). The molecular weight excluding hydrogens is 392 g/mol. The minimum Gasteiger partial charge on any atom is -0.493 e. The molecule has 2 aliphatic heterocycles. The molecule has 0 saturated carbocycles. The average Bonchev–Trinajstić information content (AvgIpc) is 3.41. The van der Waals surface area contributed by atoms with Gasteiger partial charge in [0, 0.05) is 45.2 Å². The molecule has 3 aromatic rings. The summed E-state index contributed by atoms with van der Waals surface area (Å²) in [4.78, 5) is 22.6. The van der Waals surface area contributed by atoms with Gasteiger partial charge >= 0.3 is 0 Å². The van der Waals surface area contributed by atoms with Gasteiger partial charge in [-0.05, 0) is 35.9 Å². The number of imidazole rings is 1. The first-order valence-corrected chi connectivity index (χ1v) is 10.9. The maximum Gasteiger partial charge on any atom is 0.254 e. The van der Waals surface area contributed by atoms with Gasteiger partial charge in [0.1, 0.15) is 11.6 Å². The second kappa shape index (κ2) is 8.69. The number of hydrogen-bond acceptors (Lipinski definition) is 5. The Morgan fingerprint density at radius 2 is 1.97 bits per heavy atom. The first-order valence-electron chi connectivity index (χ1n) is 10.9. The van der Waals surface area contributed by atoms with Crippen molar-refractivity contribution in [3.8, 4) is 5.75 Å². The number of para-hydroxylation sites is 2. The second-order valence-electron chi connectivity index (χ2n) is 8.18. The largest absolute Gasteiger partial charge is 0.493 e. The Balaban J connectivity index is 1.40. The van der Waals surface area contributed by atoms with Crippen LogP contribution in [0, 0.1) is 0 Å². The molecule has 31 heavy (non-hydrogen) atoms. The molecule has 0 spiro atoms. The Morgan fingerprint density at radius 1 is 1.13 bits per heavy atom. The molecule has 0 aliphatic carbocycles. The fourth-order valence-electron chi connectivity index (χ4n) is 4.35. The summed E-state index contributed by atoms with van der Waals surface area (Å²) in [5.74, 6) is 1.82. The number of hydrogen-bond donors (Lipinski definition) is 0. The first-order chi connectivity index (χ1) is 15.2. The van der Waals surface area contributed by atoms with Gasteiger partial charge in [0.2, 0.25) is 0 Å². The maximum atomic E-state index is 13.6. The standard InChI is InChI=1S/C24H28N4O3/c1-26-21-5-3-2-4-20(21)25-23(26)17-28(10-9-27-11-14-30-15-12-27)24(29)19-6-7-22-18(16-19)8-13-31-22/h2-7,16H,8-15,17H2,1H3. The smallest absolute Gasteiger partial charge is 0.254 e. The van der Waals surface area contributed by atoms with Gasteiger partial charge in [0.15, 0.2) is 0 Å². The lowest BCUT2D eigenvalue weighted by molar-refractivity contribution is 0.0318. The number of rotatable bonds is 6. The molecule has 162 valence electrons. The van der Waals surface area contributed by atoms with Gasteiger partial charge in [-0.2, -0.15) is 0 Å². The molecule has 2 aromatic carbocycles. The van der Waals surface area contributed by atoms with Crippen molar-refractivity contribution in [1.29, 1.82) is 0 Å². The Morgan fingerprint density at radius 3 is 2.81 bits per heavy atom. The van der Waals surface area contributed by atoms with E-state index < -0.39 is 0 Å². The number of ether oxygens (including phenoxy) is 2. The molecule has 1 amide bonds. The van der Waals surface area contributed by atoms with E-state index in [1.807, 2.05) is 48.3 Å². The molecule has 0 bridgehead atoms. The number of carbonyl (C=O) groups is 1. The molecule has 1 fully saturated rings. The maximum absolute atomic E-state index is 13.6. The molecular formula is C24H28N4O3. The van der Waals surface area contributed by atoms with Crippen molar-refractivity contribution in [3.63, 3.8) is 0 Å². The number of carbonyl (C=O) groups excluding carboxylic acids is 1. The van der Waals surface area contributed by atoms with Crippen LogP contribution in [0.25, 0.3) is 11.0 Å². The predicted molar refractivity (Wildman–Crippen MR) is 118 cm³/mol. The zero-order chi connectivity index (χ0) is 21.2. The Hall–Kier alpha value is -2.90. The third-order valence-electron chi connectivity index (χ3n) is 6.23. The molecule has 0 unspecified atom stereocenters. The third kappa shape index (κ3) is 4.16. The SMILES string of the molecule is Cn1c(CN(CCN2CCOCC2)C(=O)c2ccc3c(c2)CCO3)nc2ccccc21. The highest BCUT2D eigenvalue weighted by molar-refractivity contribution is 5.94. The number of aryl methyl sites for hydroxylation is 1. The van der Waals surface area contributed by atoms with Crippen LogP contribution in [0.3, 0.4) is 0 Å². The minimum absolute atomic E-state index is 0.0371. The molecule has 3 heterocycles. The van der Waals surface area contributed by atoms with E-state index in [1.54, 1.807) is 0 Å². The van der Waals surface area contributed by atoms with E-state index in [9.17, 15) is 4.79 Å².